The van der Waals surface area contributed by atoms with Crippen LogP contribution in [0.3, 0.4) is 0 Å². The molecule has 3 saturated heterocycles. The molecule has 2 bridgehead atoms. The minimum atomic E-state index is -0.274. The minimum absolute atomic E-state index is 0.0540. The van der Waals surface area contributed by atoms with Crippen LogP contribution in [0.5, 0.6) is 0 Å². The molecule has 3 rings (SSSR count). The molecule has 3 heterocycles. The largest absolute Gasteiger partial charge is 0.442 e. The maximum atomic E-state index is 11.3. The lowest BCUT2D eigenvalue weighted by atomic mass is 10.2. The number of hydrogen-bond donors (Lipinski definition) is 0. The maximum absolute atomic E-state index is 11.3. The highest BCUT2D eigenvalue weighted by molar-refractivity contribution is 5.87. The molecule has 3 aliphatic heterocycles. The number of nitrogens with zero attached hydrogens (tertiary/aromatic N) is 2. The summed E-state index contributed by atoms with van der Waals surface area (Å²) in [4.78, 5) is 15.9. The normalized spacial score (nSPS) is 35.4. The second-order valence-corrected chi connectivity index (χ2v) is 3.98. The molecule has 78 valence electrons. The van der Waals surface area contributed by atoms with Gasteiger partial charge in [-0.1, -0.05) is 6.58 Å². The maximum Gasteiger partial charge on any atom is 0.334 e. The second kappa shape index (κ2) is 3.71. The van der Waals surface area contributed by atoms with Gasteiger partial charge in [-0.25, -0.2) is 4.79 Å². The lowest BCUT2D eigenvalue weighted by Gasteiger charge is -2.46. The fourth-order valence-corrected chi connectivity index (χ4v) is 1.91. The summed E-state index contributed by atoms with van der Waals surface area (Å²) in [5.74, 6) is -0.274. The van der Waals surface area contributed by atoms with Crippen LogP contribution in [0.25, 0.3) is 0 Å². The summed E-state index contributed by atoms with van der Waals surface area (Å²) in [5, 5.41) is 0. The molecule has 0 saturated carbocycles. The highest BCUT2D eigenvalue weighted by Gasteiger charge is 2.34. The van der Waals surface area contributed by atoms with E-state index in [0.29, 0.717) is 5.57 Å². The van der Waals surface area contributed by atoms with Crippen LogP contribution < -0.4 is 0 Å². The van der Waals surface area contributed by atoms with E-state index < -0.39 is 0 Å². The van der Waals surface area contributed by atoms with E-state index in [-0.39, 0.29) is 12.2 Å². The van der Waals surface area contributed by atoms with Crippen LogP contribution in [0.4, 0.5) is 0 Å². The Morgan fingerprint density at radius 1 is 1.36 bits per heavy atom. The van der Waals surface area contributed by atoms with E-state index in [0.717, 1.165) is 32.7 Å². The van der Waals surface area contributed by atoms with Gasteiger partial charge < -0.3 is 4.74 Å². The Morgan fingerprint density at radius 2 is 2.00 bits per heavy atom. The molecular formula is C10H16N2O2. The molecule has 3 aliphatic rings. The first-order chi connectivity index (χ1) is 6.66. The number of esters is 1. The van der Waals surface area contributed by atoms with Gasteiger partial charge in [-0.05, 0) is 6.92 Å². The van der Waals surface area contributed by atoms with Gasteiger partial charge in [0.25, 0.3) is 0 Å². The quantitative estimate of drug-likeness (QED) is 0.462. The van der Waals surface area contributed by atoms with Gasteiger partial charge in [-0.3, -0.25) is 9.80 Å². The van der Waals surface area contributed by atoms with Gasteiger partial charge >= 0.3 is 5.97 Å². The molecule has 4 nitrogen and oxygen atoms in total. The van der Waals surface area contributed by atoms with Gasteiger partial charge in [0.05, 0.1) is 0 Å². The summed E-state index contributed by atoms with van der Waals surface area (Å²) in [7, 11) is 0. The van der Waals surface area contributed by atoms with Crippen LogP contribution in [-0.2, 0) is 9.53 Å². The number of rotatable bonds is 2. The number of carbonyl (C=O) groups is 1. The van der Waals surface area contributed by atoms with Crippen LogP contribution in [0.2, 0.25) is 0 Å². The molecule has 1 atom stereocenters. The van der Waals surface area contributed by atoms with Gasteiger partial charge in [0.2, 0.25) is 0 Å². The van der Waals surface area contributed by atoms with Crippen molar-refractivity contribution in [3.05, 3.63) is 12.2 Å². The molecule has 0 aromatic rings. The van der Waals surface area contributed by atoms with Gasteiger partial charge in [0.15, 0.2) is 6.23 Å². The number of hydrogen-bond acceptors (Lipinski definition) is 4. The van der Waals surface area contributed by atoms with Crippen molar-refractivity contribution in [1.82, 2.24) is 9.80 Å². The van der Waals surface area contributed by atoms with E-state index in [1.165, 1.54) is 0 Å². The molecular weight excluding hydrogens is 180 g/mol. The van der Waals surface area contributed by atoms with Crippen molar-refractivity contribution in [3.8, 4) is 0 Å². The summed E-state index contributed by atoms with van der Waals surface area (Å²) in [6, 6.07) is 0. The van der Waals surface area contributed by atoms with Crippen molar-refractivity contribution in [2.75, 3.05) is 32.7 Å². The van der Waals surface area contributed by atoms with Crippen molar-refractivity contribution in [2.45, 2.75) is 13.2 Å². The predicted octanol–water partition coefficient (Wildman–Crippen LogP) is 0.0630. The highest BCUT2D eigenvalue weighted by Crippen LogP contribution is 2.17. The summed E-state index contributed by atoms with van der Waals surface area (Å²) in [6.07, 6.45) is -0.0540. The summed E-state index contributed by atoms with van der Waals surface area (Å²) >= 11 is 0. The third kappa shape index (κ3) is 1.81. The summed E-state index contributed by atoms with van der Waals surface area (Å²) in [6.45, 7) is 10.3. The van der Waals surface area contributed by atoms with Gasteiger partial charge in [-0.15, -0.1) is 0 Å². The average molecular weight is 196 g/mol. The van der Waals surface area contributed by atoms with E-state index in [9.17, 15) is 4.79 Å². The minimum Gasteiger partial charge on any atom is -0.442 e. The standard InChI is InChI=1S/C10H16N2O2/c1-8(2)10(13)14-9-7-11-3-5-12(9)6-4-11/h9H,1,3-7H2,2H3. The molecule has 14 heavy (non-hydrogen) atoms. The summed E-state index contributed by atoms with van der Waals surface area (Å²) in [5.41, 5.74) is 0.475. The van der Waals surface area contributed by atoms with E-state index in [1.54, 1.807) is 6.92 Å². The Hall–Kier alpha value is -0.870. The Balaban J connectivity index is 1.93. The fourth-order valence-electron chi connectivity index (χ4n) is 1.91. The number of fused-ring (bicyclic) bond motifs is 3. The van der Waals surface area contributed by atoms with Crippen molar-refractivity contribution in [1.29, 1.82) is 0 Å². The van der Waals surface area contributed by atoms with E-state index in [1.807, 2.05) is 0 Å². The first kappa shape index (κ1) is 9.68. The fraction of sp³-hybridized carbons (Fsp3) is 0.700. The van der Waals surface area contributed by atoms with Gasteiger partial charge in [0, 0.05) is 38.3 Å². The monoisotopic (exact) mass is 196 g/mol. The van der Waals surface area contributed by atoms with Crippen LogP contribution in [0, 0.1) is 0 Å². The van der Waals surface area contributed by atoms with Gasteiger partial charge in [0.1, 0.15) is 0 Å². The number of carbonyl (C=O) groups excluding carboxylic acids is 1. The van der Waals surface area contributed by atoms with Crippen molar-refractivity contribution < 1.29 is 9.53 Å². The second-order valence-electron chi connectivity index (χ2n) is 3.98. The Bertz CT molecular complexity index is 257. The van der Waals surface area contributed by atoms with Crippen molar-refractivity contribution >= 4 is 5.97 Å². The molecule has 0 spiro atoms. The van der Waals surface area contributed by atoms with Crippen molar-refractivity contribution in [2.24, 2.45) is 0 Å². The topological polar surface area (TPSA) is 32.8 Å². The molecule has 0 aromatic carbocycles. The number of piperazine rings is 3. The average Bonchev–Trinajstić information content (AvgIpc) is 2.19. The zero-order valence-electron chi connectivity index (χ0n) is 8.53. The van der Waals surface area contributed by atoms with Crippen LogP contribution in [0.1, 0.15) is 6.92 Å². The van der Waals surface area contributed by atoms with Crippen LogP contribution >= 0.6 is 0 Å². The first-order valence-electron chi connectivity index (χ1n) is 5.00. The lowest BCUT2D eigenvalue weighted by Crippen LogP contribution is -2.62. The molecule has 0 radical (unpaired) electrons. The zero-order valence-corrected chi connectivity index (χ0v) is 8.53. The van der Waals surface area contributed by atoms with Crippen LogP contribution in [-0.4, -0.2) is 54.7 Å². The smallest absolute Gasteiger partial charge is 0.334 e. The highest BCUT2D eigenvalue weighted by atomic mass is 16.6. The van der Waals surface area contributed by atoms with E-state index in [4.69, 9.17) is 4.74 Å². The molecule has 3 fully saturated rings. The van der Waals surface area contributed by atoms with E-state index >= 15 is 0 Å². The molecule has 4 heteroatoms. The number of ether oxygens (including phenoxy) is 1. The van der Waals surface area contributed by atoms with Crippen LogP contribution in [0.15, 0.2) is 12.2 Å². The van der Waals surface area contributed by atoms with Crippen molar-refractivity contribution in [3.63, 3.8) is 0 Å². The molecule has 0 N–H and O–H groups in total. The predicted molar refractivity (Wildman–Crippen MR) is 52.7 cm³/mol. The molecule has 0 amide bonds. The Morgan fingerprint density at radius 3 is 2.43 bits per heavy atom. The Labute approximate surface area is 84.1 Å². The molecule has 0 aromatic heterocycles. The zero-order chi connectivity index (χ0) is 10.1. The third-order valence-electron chi connectivity index (χ3n) is 2.82. The third-order valence-corrected chi connectivity index (χ3v) is 2.82. The molecule has 1 unspecified atom stereocenters. The lowest BCUT2D eigenvalue weighted by molar-refractivity contribution is -0.168. The van der Waals surface area contributed by atoms with Gasteiger partial charge in [-0.2, -0.15) is 0 Å². The molecule has 0 aliphatic carbocycles. The summed E-state index contributed by atoms with van der Waals surface area (Å²) < 4.78 is 5.33. The SMILES string of the molecule is C=C(C)C(=O)OC1CN2CCN1CC2. The first-order valence-corrected chi connectivity index (χ1v) is 5.00. The van der Waals surface area contributed by atoms with E-state index in [2.05, 4.69) is 16.4 Å². The Kier molecular flexibility index (Phi) is 2.56.